The molecule has 62 heavy (non-hydrogen) atoms. The lowest BCUT2D eigenvalue weighted by Crippen LogP contribution is -2.19. The number of pyridine rings is 2. The largest absolute Gasteiger partial charge is 0.493 e. The minimum atomic E-state index is -0.0833. The Bertz CT molecular complexity index is 2820. The van der Waals surface area contributed by atoms with Crippen LogP contribution in [0.4, 0.5) is 0 Å². The summed E-state index contributed by atoms with van der Waals surface area (Å²) in [7, 11) is 9.99. The highest BCUT2D eigenvalue weighted by Gasteiger charge is 2.34. The molecular formula is C48H44BrIN2O10. The second-order valence-electron chi connectivity index (χ2n) is 15.1. The quantitative estimate of drug-likeness (QED) is 0.0745. The molecule has 0 amide bonds. The molecule has 2 aliphatic heterocycles. The summed E-state index contributed by atoms with van der Waals surface area (Å²) in [6.45, 7) is 0.425. The topological polar surface area (TPSA) is 118 Å². The third-order valence-corrected chi connectivity index (χ3v) is 13.2. The van der Waals surface area contributed by atoms with Crippen LogP contribution < -0.4 is 49.0 Å². The summed E-state index contributed by atoms with van der Waals surface area (Å²) < 4.78 is 49.1. The van der Waals surface area contributed by atoms with Crippen molar-refractivity contribution in [2.45, 2.75) is 25.7 Å². The lowest BCUT2D eigenvalue weighted by molar-refractivity contribution is 0.173. The Labute approximate surface area is 379 Å². The Morgan fingerprint density at radius 1 is 0.565 bits per heavy atom. The van der Waals surface area contributed by atoms with E-state index >= 15 is 0 Å². The molecule has 0 saturated heterocycles. The number of benzene rings is 4. The van der Waals surface area contributed by atoms with E-state index < -0.39 is 0 Å². The maximum Gasteiger partial charge on any atom is 0.258 e. The Hall–Kier alpha value is -5.61. The standard InChI is InChI=1S/C24H22BrNO5.C24H22INO5/c2*1-26-23-16-10-21-20(30-12-31-21)8-14(16)13(6-4-5-7-25)22(23)15-9-18(28-2)19(29-3)11-17(15)24(26)27/h2*6,8-11H,4-5,7,12H2,1-3H3/b2*13-6+. The molecule has 0 spiro atoms. The average Bonchev–Trinajstić information content (AvgIpc) is 4.09. The molecule has 10 rings (SSSR count). The molecule has 320 valence electrons. The number of halogens is 2. The zero-order chi connectivity index (χ0) is 43.4. The third-order valence-electron chi connectivity index (χ3n) is 11.8. The fraction of sp³-hybridized carbons (Fsp3) is 0.292. The van der Waals surface area contributed by atoms with E-state index in [1.54, 1.807) is 49.7 Å². The molecule has 0 bridgehead atoms. The highest BCUT2D eigenvalue weighted by Crippen LogP contribution is 2.53. The van der Waals surface area contributed by atoms with E-state index in [1.165, 1.54) is 0 Å². The van der Waals surface area contributed by atoms with Crippen molar-refractivity contribution < 1.29 is 37.9 Å². The molecule has 2 aromatic heterocycles. The number of ether oxygens (including phenoxy) is 8. The van der Waals surface area contributed by atoms with Crippen LogP contribution in [0, 0.1) is 0 Å². The Morgan fingerprint density at radius 2 is 0.919 bits per heavy atom. The zero-order valence-electron chi connectivity index (χ0n) is 35.2. The molecule has 6 aromatic rings. The van der Waals surface area contributed by atoms with Gasteiger partial charge in [-0.25, -0.2) is 0 Å². The Balaban J connectivity index is 0.000000158. The minimum absolute atomic E-state index is 0.0770. The normalized spacial score (nSPS) is 14.8. The van der Waals surface area contributed by atoms with E-state index in [4.69, 9.17) is 37.9 Å². The van der Waals surface area contributed by atoms with E-state index in [2.05, 4.69) is 50.7 Å². The predicted octanol–water partition coefficient (Wildman–Crippen LogP) is 9.78. The number of alkyl halides is 2. The van der Waals surface area contributed by atoms with Gasteiger partial charge >= 0.3 is 0 Å². The summed E-state index contributed by atoms with van der Waals surface area (Å²) >= 11 is 5.91. The number of unbranched alkanes of at least 4 members (excludes halogenated alkanes) is 2. The summed E-state index contributed by atoms with van der Waals surface area (Å²) in [5.41, 5.74) is 9.93. The molecular weight excluding hydrogens is 971 g/mol. The Morgan fingerprint density at radius 3 is 1.27 bits per heavy atom. The first-order chi connectivity index (χ1) is 30.2. The lowest BCUT2D eigenvalue weighted by atomic mass is 9.97. The van der Waals surface area contributed by atoms with Gasteiger partial charge in [0.1, 0.15) is 0 Å². The van der Waals surface area contributed by atoms with Gasteiger partial charge in [-0.15, -0.1) is 0 Å². The maximum absolute atomic E-state index is 13.4. The van der Waals surface area contributed by atoms with Crippen LogP contribution >= 0.6 is 38.5 Å². The number of aromatic nitrogens is 2. The number of methoxy groups -OCH3 is 4. The SMILES string of the molecule is COc1cc2c3c(n(C)c(=O)c2cc1OC)-c1cc2c(cc1/C3=C\CCCBr)OCO2.COc1cc2c3c(n(C)c(=O)c2cc1OC)-c1cc2c(cc1/C3=C\CCCI)OCO2. The number of fused-ring (bicyclic) bond motifs is 12. The van der Waals surface area contributed by atoms with Crippen LogP contribution in [0.5, 0.6) is 46.0 Å². The van der Waals surface area contributed by atoms with Crippen LogP contribution in [0.25, 0.3) is 55.2 Å². The summed E-state index contributed by atoms with van der Waals surface area (Å²) in [6.07, 6.45) is 8.47. The van der Waals surface area contributed by atoms with Gasteiger partial charge in [-0.3, -0.25) is 9.59 Å². The van der Waals surface area contributed by atoms with Gasteiger partial charge < -0.3 is 47.0 Å². The van der Waals surface area contributed by atoms with Gasteiger partial charge in [0.05, 0.1) is 50.6 Å². The first-order valence-corrected chi connectivity index (χ1v) is 22.8. The summed E-state index contributed by atoms with van der Waals surface area (Å²) in [5.74, 6) is 5.14. The average molecular weight is 1020 g/mol. The van der Waals surface area contributed by atoms with Crippen molar-refractivity contribution in [3.05, 3.63) is 104 Å². The van der Waals surface area contributed by atoms with Gasteiger partial charge in [0.15, 0.2) is 46.0 Å². The molecule has 14 heteroatoms. The maximum atomic E-state index is 13.4. The van der Waals surface area contributed by atoms with E-state index in [1.807, 2.05) is 50.5 Å². The van der Waals surface area contributed by atoms with Crippen molar-refractivity contribution >= 4 is 71.2 Å². The summed E-state index contributed by atoms with van der Waals surface area (Å²) in [6, 6.07) is 15.4. The molecule has 4 heterocycles. The van der Waals surface area contributed by atoms with Gasteiger partial charge in [0.2, 0.25) is 13.6 Å². The fourth-order valence-electron chi connectivity index (χ4n) is 8.92. The Kier molecular flexibility index (Phi) is 11.4. The van der Waals surface area contributed by atoms with E-state index in [-0.39, 0.29) is 24.7 Å². The van der Waals surface area contributed by atoms with Crippen LogP contribution in [-0.2, 0) is 14.1 Å². The van der Waals surface area contributed by atoms with Gasteiger partial charge in [-0.2, -0.15) is 0 Å². The third kappa shape index (κ3) is 6.68. The summed E-state index contributed by atoms with van der Waals surface area (Å²) in [4.78, 5) is 26.7. The molecule has 0 unspecified atom stereocenters. The zero-order valence-corrected chi connectivity index (χ0v) is 38.9. The second-order valence-corrected chi connectivity index (χ2v) is 17.0. The number of hydrogen-bond acceptors (Lipinski definition) is 10. The molecule has 0 atom stereocenters. The lowest BCUT2D eigenvalue weighted by Gasteiger charge is -2.15. The number of rotatable bonds is 10. The summed E-state index contributed by atoms with van der Waals surface area (Å²) in [5, 5.41) is 3.83. The molecule has 12 nitrogen and oxygen atoms in total. The van der Waals surface area contributed by atoms with Crippen LogP contribution in [0.15, 0.2) is 70.3 Å². The van der Waals surface area contributed by atoms with Crippen LogP contribution in [0.2, 0.25) is 0 Å². The van der Waals surface area contributed by atoms with Crippen LogP contribution in [0.1, 0.15) is 47.9 Å². The first kappa shape index (κ1) is 41.7. The molecule has 2 aliphatic carbocycles. The van der Waals surface area contributed by atoms with Gasteiger partial charge in [-0.05, 0) is 101 Å². The molecule has 0 radical (unpaired) electrons. The highest BCUT2D eigenvalue weighted by atomic mass is 127. The van der Waals surface area contributed by atoms with Crippen molar-refractivity contribution in [3.63, 3.8) is 0 Å². The highest BCUT2D eigenvalue weighted by molar-refractivity contribution is 14.1. The monoisotopic (exact) mass is 1010 g/mol. The van der Waals surface area contributed by atoms with E-state index in [0.29, 0.717) is 45.3 Å². The smallest absolute Gasteiger partial charge is 0.258 e. The second kappa shape index (κ2) is 16.9. The van der Waals surface area contributed by atoms with Crippen molar-refractivity contribution in [3.8, 4) is 68.5 Å². The van der Waals surface area contributed by atoms with Gasteiger partial charge in [-0.1, -0.05) is 50.7 Å². The molecule has 0 fully saturated rings. The molecule has 0 N–H and O–H groups in total. The number of hydrogen-bond donors (Lipinski definition) is 0. The van der Waals surface area contributed by atoms with Gasteiger partial charge in [0.25, 0.3) is 11.1 Å². The van der Waals surface area contributed by atoms with Crippen LogP contribution in [0.3, 0.4) is 0 Å². The first-order valence-electron chi connectivity index (χ1n) is 20.2. The fourth-order valence-corrected chi connectivity index (χ4v) is 9.68. The van der Waals surface area contributed by atoms with Crippen molar-refractivity contribution in [2.75, 3.05) is 51.8 Å². The van der Waals surface area contributed by atoms with Crippen molar-refractivity contribution in [1.82, 2.24) is 9.13 Å². The van der Waals surface area contributed by atoms with Crippen molar-refractivity contribution in [2.24, 2.45) is 14.1 Å². The molecule has 4 aliphatic rings. The minimum Gasteiger partial charge on any atom is -0.493 e. The van der Waals surface area contributed by atoms with E-state index in [9.17, 15) is 9.59 Å². The van der Waals surface area contributed by atoms with Crippen molar-refractivity contribution in [1.29, 1.82) is 0 Å². The predicted molar refractivity (Wildman–Crippen MR) is 253 cm³/mol. The number of allylic oxidation sites excluding steroid dienone is 2. The molecule has 0 saturated carbocycles. The van der Waals surface area contributed by atoms with Crippen LogP contribution in [-0.4, -0.2) is 60.9 Å². The van der Waals surface area contributed by atoms with Gasteiger partial charge in [0, 0.05) is 52.5 Å². The molecule has 4 aromatic carbocycles. The number of nitrogens with zero attached hydrogens (tertiary/aromatic N) is 2. The van der Waals surface area contributed by atoms with E-state index in [0.717, 1.165) is 114 Å².